The van der Waals surface area contributed by atoms with Gasteiger partial charge in [0, 0.05) is 17.8 Å². The highest BCUT2D eigenvalue weighted by Crippen LogP contribution is 2.16. The highest BCUT2D eigenvalue weighted by Gasteiger charge is 2.13. The summed E-state index contributed by atoms with van der Waals surface area (Å²) < 4.78 is 0. The second-order valence-corrected chi connectivity index (χ2v) is 5.13. The Labute approximate surface area is 125 Å². The minimum absolute atomic E-state index is 0.744. The Balaban J connectivity index is 0.00000172. The lowest BCUT2D eigenvalue weighted by Gasteiger charge is -2.24. The normalized spacial score (nSPS) is 13.2. The molecule has 5 N–H and O–H groups in total. The first-order valence-electron chi connectivity index (χ1n) is 8.06. The second-order valence-electron chi connectivity index (χ2n) is 5.13. The number of nitrogens with two attached hydrogens (primary N) is 2. The molecule has 116 valence electrons. The number of hydrogen-bond acceptors (Lipinski definition) is 2. The number of aryl methyl sites for hydroxylation is 1. The van der Waals surface area contributed by atoms with E-state index in [0.29, 0.717) is 0 Å². The molecule has 0 spiro atoms. The molecule has 0 aliphatic carbocycles. The zero-order valence-corrected chi connectivity index (χ0v) is 14.0. The third kappa shape index (κ3) is 6.29. The highest BCUT2D eigenvalue weighted by atomic mass is 15.1. The summed E-state index contributed by atoms with van der Waals surface area (Å²) in [5.41, 5.74) is 14.6. The van der Waals surface area contributed by atoms with Gasteiger partial charge >= 0.3 is 0 Å². The van der Waals surface area contributed by atoms with E-state index >= 15 is 0 Å². The monoisotopic (exact) mass is 280 g/mol. The number of quaternary nitrogens is 1. The van der Waals surface area contributed by atoms with E-state index in [4.69, 9.17) is 11.5 Å². The van der Waals surface area contributed by atoms with Crippen LogP contribution in [0, 0.1) is 0 Å². The maximum atomic E-state index is 5.96. The fraction of sp³-hybridized carbons (Fsp3) is 0.647. The zero-order valence-electron chi connectivity index (χ0n) is 14.0. The first kappa shape index (κ1) is 18.8. The Morgan fingerprint density at radius 2 is 1.80 bits per heavy atom. The van der Waals surface area contributed by atoms with E-state index in [1.807, 2.05) is 32.0 Å². The van der Waals surface area contributed by atoms with Crippen LogP contribution < -0.4 is 16.4 Å². The topological polar surface area (TPSA) is 56.5 Å². The summed E-state index contributed by atoms with van der Waals surface area (Å²) in [5, 5.41) is 0. The molecule has 1 aromatic rings. The molecular formula is C17H34N3+. The first-order chi connectivity index (χ1) is 9.58. The number of nitrogen functional groups attached to an aromatic ring is 2. The molecule has 2 unspecified atom stereocenters. The largest absolute Gasteiger partial charge is 0.399 e. The molecule has 2 atom stereocenters. The van der Waals surface area contributed by atoms with Gasteiger partial charge in [-0.25, -0.2) is 0 Å². The van der Waals surface area contributed by atoms with Crippen molar-refractivity contribution in [2.45, 2.75) is 59.9 Å². The van der Waals surface area contributed by atoms with Gasteiger partial charge in [-0.1, -0.05) is 20.8 Å². The number of anilines is 2. The minimum atomic E-state index is 0.744. The predicted octanol–water partition coefficient (Wildman–Crippen LogP) is 2.51. The van der Waals surface area contributed by atoms with Crippen LogP contribution in [0.3, 0.4) is 0 Å². The first-order valence-corrected chi connectivity index (χ1v) is 8.06. The molecule has 3 heteroatoms. The molecular weight excluding hydrogens is 246 g/mol. The fourth-order valence-corrected chi connectivity index (χ4v) is 2.41. The Hall–Kier alpha value is -1.22. The van der Waals surface area contributed by atoms with Crippen molar-refractivity contribution in [2.24, 2.45) is 0 Å². The van der Waals surface area contributed by atoms with Crippen LogP contribution in [0.2, 0.25) is 0 Å². The van der Waals surface area contributed by atoms with E-state index in [1.54, 1.807) is 4.90 Å². The molecule has 0 fully saturated rings. The van der Waals surface area contributed by atoms with Gasteiger partial charge in [-0.05, 0) is 50.5 Å². The van der Waals surface area contributed by atoms with Crippen molar-refractivity contribution in [1.29, 1.82) is 0 Å². The molecule has 0 bridgehead atoms. The number of nitrogens with one attached hydrogen (secondary N) is 1. The zero-order chi connectivity index (χ0) is 15.5. The van der Waals surface area contributed by atoms with Gasteiger partial charge in [-0.15, -0.1) is 0 Å². The molecule has 0 saturated carbocycles. The van der Waals surface area contributed by atoms with Crippen LogP contribution in [0.1, 0.15) is 53.0 Å². The SMILES string of the molecule is CC.CCC(C)[NH+](CC)CCCc1cc(N)ccc1N. The molecule has 1 aromatic carbocycles. The van der Waals surface area contributed by atoms with Crippen LogP contribution in [0.15, 0.2) is 18.2 Å². The van der Waals surface area contributed by atoms with Crippen LogP contribution in [-0.4, -0.2) is 19.1 Å². The molecule has 0 aliphatic heterocycles. The maximum absolute atomic E-state index is 5.96. The van der Waals surface area contributed by atoms with Crippen molar-refractivity contribution < 1.29 is 4.90 Å². The van der Waals surface area contributed by atoms with Gasteiger partial charge in [-0.2, -0.15) is 0 Å². The lowest BCUT2D eigenvalue weighted by Crippen LogP contribution is -3.15. The maximum Gasteiger partial charge on any atom is 0.0843 e. The summed E-state index contributed by atoms with van der Waals surface area (Å²) in [5.74, 6) is 0. The van der Waals surface area contributed by atoms with Crippen LogP contribution >= 0.6 is 0 Å². The minimum Gasteiger partial charge on any atom is -0.399 e. The third-order valence-corrected chi connectivity index (χ3v) is 3.87. The Morgan fingerprint density at radius 1 is 1.15 bits per heavy atom. The van der Waals surface area contributed by atoms with Crippen LogP contribution in [0.25, 0.3) is 0 Å². The summed E-state index contributed by atoms with van der Waals surface area (Å²) in [6, 6.07) is 6.52. The smallest absolute Gasteiger partial charge is 0.0843 e. The molecule has 0 radical (unpaired) electrons. The molecule has 0 heterocycles. The lowest BCUT2D eigenvalue weighted by molar-refractivity contribution is -0.922. The standard InChI is InChI=1S/C15H27N3.C2H6/c1-4-12(3)18(5-2)10-6-7-13-11-14(16)8-9-15(13)17;1-2/h8-9,11-12H,4-7,10,16-17H2,1-3H3;1-2H3/p+1. The summed E-state index contributed by atoms with van der Waals surface area (Å²) >= 11 is 0. The van der Waals surface area contributed by atoms with Gasteiger partial charge in [-0.3, -0.25) is 0 Å². The van der Waals surface area contributed by atoms with Crippen LogP contribution in [-0.2, 0) is 6.42 Å². The fourth-order valence-electron chi connectivity index (χ4n) is 2.41. The third-order valence-electron chi connectivity index (χ3n) is 3.87. The van der Waals surface area contributed by atoms with E-state index in [1.165, 1.54) is 31.5 Å². The summed E-state index contributed by atoms with van der Waals surface area (Å²) in [6.45, 7) is 13.3. The Bertz CT molecular complexity index is 363. The van der Waals surface area contributed by atoms with Gasteiger partial charge in [0.25, 0.3) is 0 Å². The van der Waals surface area contributed by atoms with Crippen molar-refractivity contribution in [2.75, 3.05) is 24.6 Å². The van der Waals surface area contributed by atoms with E-state index in [0.717, 1.165) is 23.8 Å². The average Bonchev–Trinajstić information content (AvgIpc) is 2.48. The summed E-state index contributed by atoms with van der Waals surface area (Å²) in [7, 11) is 0. The molecule has 20 heavy (non-hydrogen) atoms. The number of benzene rings is 1. The van der Waals surface area contributed by atoms with Crippen molar-refractivity contribution >= 4 is 11.4 Å². The van der Waals surface area contributed by atoms with Gasteiger partial charge < -0.3 is 16.4 Å². The molecule has 3 nitrogen and oxygen atoms in total. The van der Waals surface area contributed by atoms with Crippen molar-refractivity contribution in [3.63, 3.8) is 0 Å². The Morgan fingerprint density at radius 3 is 2.35 bits per heavy atom. The predicted molar refractivity (Wildman–Crippen MR) is 91.1 cm³/mol. The van der Waals surface area contributed by atoms with Crippen molar-refractivity contribution in [1.82, 2.24) is 0 Å². The van der Waals surface area contributed by atoms with Gasteiger partial charge in [0.05, 0.1) is 19.1 Å². The molecule has 0 aliphatic rings. The summed E-state index contributed by atoms with van der Waals surface area (Å²) in [6.07, 6.45) is 3.43. The van der Waals surface area contributed by atoms with E-state index in [-0.39, 0.29) is 0 Å². The average molecular weight is 280 g/mol. The van der Waals surface area contributed by atoms with Gasteiger partial charge in [0.1, 0.15) is 0 Å². The number of rotatable bonds is 7. The van der Waals surface area contributed by atoms with E-state index < -0.39 is 0 Å². The Kier molecular flexibility index (Phi) is 9.91. The molecule has 0 aromatic heterocycles. The van der Waals surface area contributed by atoms with Crippen molar-refractivity contribution in [3.05, 3.63) is 23.8 Å². The molecule has 0 amide bonds. The van der Waals surface area contributed by atoms with E-state index in [9.17, 15) is 0 Å². The van der Waals surface area contributed by atoms with Crippen LogP contribution in [0.5, 0.6) is 0 Å². The lowest BCUT2D eigenvalue weighted by atomic mass is 10.1. The molecule has 1 rings (SSSR count). The summed E-state index contributed by atoms with van der Waals surface area (Å²) in [4.78, 5) is 1.68. The highest BCUT2D eigenvalue weighted by molar-refractivity contribution is 5.55. The molecule has 0 saturated heterocycles. The van der Waals surface area contributed by atoms with Crippen molar-refractivity contribution in [3.8, 4) is 0 Å². The van der Waals surface area contributed by atoms with E-state index in [2.05, 4.69) is 20.8 Å². The quantitative estimate of drug-likeness (QED) is 0.672. The van der Waals surface area contributed by atoms with Crippen LogP contribution in [0.4, 0.5) is 11.4 Å². The number of hydrogen-bond donors (Lipinski definition) is 3. The second kappa shape index (κ2) is 10.6. The van der Waals surface area contributed by atoms with Gasteiger partial charge in [0.2, 0.25) is 0 Å². The van der Waals surface area contributed by atoms with Gasteiger partial charge in [0.15, 0.2) is 0 Å².